The van der Waals surface area contributed by atoms with Gasteiger partial charge in [-0.25, -0.2) is 4.68 Å². The quantitative estimate of drug-likeness (QED) is 0.821. The van der Waals surface area contributed by atoms with Gasteiger partial charge in [-0.05, 0) is 57.8 Å². The third-order valence-electron chi connectivity index (χ3n) is 2.07. The van der Waals surface area contributed by atoms with Gasteiger partial charge in [0.2, 0.25) is 0 Å². The second-order valence-electron chi connectivity index (χ2n) is 3.87. The van der Waals surface area contributed by atoms with Crippen molar-refractivity contribution in [1.29, 1.82) is 0 Å². The molecule has 0 aliphatic heterocycles. The summed E-state index contributed by atoms with van der Waals surface area (Å²) in [6, 6.07) is 9.74. The van der Waals surface area contributed by atoms with Gasteiger partial charge in [-0.1, -0.05) is 6.07 Å². The van der Waals surface area contributed by atoms with E-state index in [1.54, 1.807) is 4.68 Å². The zero-order valence-electron chi connectivity index (χ0n) is 9.52. The summed E-state index contributed by atoms with van der Waals surface area (Å²) in [5.74, 6) is 0.844. The normalized spacial score (nSPS) is 10.9. The number of nitrogens with zero attached hydrogens (tertiary/aromatic N) is 2. The SMILES string of the molecule is CC(C)Oc1cccc(-n2nc(Br)cc2Br)c1. The highest BCUT2D eigenvalue weighted by Crippen LogP contribution is 2.23. The van der Waals surface area contributed by atoms with E-state index in [9.17, 15) is 0 Å². The molecule has 3 nitrogen and oxygen atoms in total. The molecular weight excluding hydrogens is 348 g/mol. The van der Waals surface area contributed by atoms with Crippen LogP contribution in [0.15, 0.2) is 39.5 Å². The minimum Gasteiger partial charge on any atom is -0.491 e. The van der Waals surface area contributed by atoms with Crippen LogP contribution in [-0.4, -0.2) is 15.9 Å². The Kier molecular flexibility index (Phi) is 3.89. The van der Waals surface area contributed by atoms with Crippen molar-refractivity contribution in [3.63, 3.8) is 0 Å². The molecule has 0 saturated carbocycles. The van der Waals surface area contributed by atoms with Crippen LogP contribution < -0.4 is 4.74 Å². The highest BCUT2D eigenvalue weighted by Gasteiger charge is 2.07. The molecule has 1 aromatic heterocycles. The largest absolute Gasteiger partial charge is 0.491 e. The molecule has 1 aromatic carbocycles. The summed E-state index contributed by atoms with van der Waals surface area (Å²) in [6.07, 6.45) is 0.165. The van der Waals surface area contributed by atoms with E-state index in [-0.39, 0.29) is 6.10 Å². The fraction of sp³-hybridized carbons (Fsp3) is 0.250. The molecule has 2 rings (SSSR count). The van der Waals surface area contributed by atoms with Crippen LogP contribution in [0.25, 0.3) is 5.69 Å². The molecule has 0 bridgehead atoms. The van der Waals surface area contributed by atoms with E-state index >= 15 is 0 Å². The molecule has 0 spiro atoms. The second kappa shape index (κ2) is 5.23. The molecule has 0 aliphatic rings. The van der Waals surface area contributed by atoms with Crippen molar-refractivity contribution in [2.45, 2.75) is 20.0 Å². The summed E-state index contributed by atoms with van der Waals surface area (Å²) in [5.41, 5.74) is 0.959. The van der Waals surface area contributed by atoms with Crippen LogP contribution in [0.1, 0.15) is 13.8 Å². The standard InChI is InChI=1S/C12H12Br2N2O/c1-8(2)17-10-5-3-4-9(6-10)16-12(14)7-11(13)15-16/h3-8H,1-2H3. The van der Waals surface area contributed by atoms with Gasteiger partial charge in [0.25, 0.3) is 0 Å². The first-order chi connectivity index (χ1) is 8.06. The Hall–Kier alpha value is -0.810. The van der Waals surface area contributed by atoms with Crippen LogP contribution >= 0.6 is 31.9 Å². The van der Waals surface area contributed by atoms with E-state index in [2.05, 4.69) is 37.0 Å². The Morgan fingerprint density at radius 3 is 2.59 bits per heavy atom. The van der Waals surface area contributed by atoms with Gasteiger partial charge in [0.1, 0.15) is 15.0 Å². The first-order valence-electron chi connectivity index (χ1n) is 5.24. The fourth-order valence-electron chi connectivity index (χ4n) is 1.47. The van der Waals surface area contributed by atoms with E-state index in [4.69, 9.17) is 4.74 Å². The molecule has 0 N–H and O–H groups in total. The lowest BCUT2D eigenvalue weighted by molar-refractivity contribution is 0.242. The highest BCUT2D eigenvalue weighted by atomic mass is 79.9. The second-order valence-corrected chi connectivity index (χ2v) is 5.49. The van der Waals surface area contributed by atoms with Gasteiger partial charge in [-0.15, -0.1) is 0 Å². The van der Waals surface area contributed by atoms with E-state index in [0.29, 0.717) is 0 Å². The van der Waals surface area contributed by atoms with Crippen molar-refractivity contribution in [3.8, 4) is 11.4 Å². The van der Waals surface area contributed by atoms with Crippen LogP contribution in [0.3, 0.4) is 0 Å². The number of aromatic nitrogens is 2. The van der Waals surface area contributed by atoms with Crippen LogP contribution in [-0.2, 0) is 0 Å². The van der Waals surface area contributed by atoms with Gasteiger partial charge in [0, 0.05) is 12.1 Å². The first-order valence-corrected chi connectivity index (χ1v) is 6.83. The third kappa shape index (κ3) is 3.10. The Labute approximate surface area is 117 Å². The molecule has 0 amide bonds. The van der Waals surface area contributed by atoms with Crippen molar-refractivity contribution in [2.75, 3.05) is 0 Å². The molecule has 0 radical (unpaired) electrons. The minimum absolute atomic E-state index is 0.165. The average Bonchev–Trinajstić information content (AvgIpc) is 2.57. The van der Waals surface area contributed by atoms with E-state index in [1.807, 2.05) is 44.2 Å². The smallest absolute Gasteiger partial charge is 0.129 e. The van der Waals surface area contributed by atoms with Crippen LogP contribution in [0.4, 0.5) is 0 Å². The maximum Gasteiger partial charge on any atom is 0.129 e. The lowest BCUT2D eigenvalue weighted by Crippen LogP contribution is -2.06. The summed E-state index contributed by atoms with van der Waals surface area (Å²) < 4.78 is 9.14. The Bertz CT molecular complexity index is 523. The zero-order chi connectivity index (χ0) is 12.4. The van der Waals surface area contributed by atoms with Crippen molar-refractivity contribution >= 4 is 31.9 Å². The topological polar surface area (TPSA) is 27.1 Å². The summed E-state index contributed by atoms with van der Waals surface area (Å²) in [7, 11) is 0. The molecule has 17 heavy (non-hydrogen) atoms. The number of rotatable bonds is 3. The number of ether oxygens (including phenoxy) is 1. The van der Waals surface area contributed by atoms with E-state index in [1.165, 1.54) is 0 Å². The Morgan fingerprint density at radius 1 is 1.24 bits per heavy atom. The number of hydrogen-bond acceptors (Lipinski definition) is 2. The van der Waals surface area contributed by atoms with Crippen molar-refractivity contribution in [3.05, 3.63) is 39.5 Å². The van der Waals surface area contributed by atoms with E-state index in [0.717, 1.165) is 20.6 Å². The van der Waals surface area contributed by atoms with Crippen LogP contribution in [0.5, 0.6) is 5.75 Å². The summed E-state index contributed by atoms with van der Waals surface area (Å²) >= 11 is 6.80. The number of halogens is 2. The Balaban J connectivity index is 2.36. The van der Waals surface area contributed by atoms with Gasteiger partial charge < -0.3 is 4.74 Å². The predicted octanol–water partition coefficient (Wildman–Crippen LogP) is 4.18. The molecule has 0 atom stereocenters. The number of benzene rings is 1. The molecular formula is C12H12Br2N2O. The van der Waals surface area contributed by atoms with Gasteiger partial charge in [0.05, 0.1) is 11.8 Å². The van der Waals surface area contributed by atoms with Crippen molar-refractivity contribution in [1.82, 2.24) is 9.78 Å². The summed E-state index contributed by atoms with van der Waals surface area (Å²) in [4.78, 5) is 0. The maximum absolute atomic E-state index is 5.65. The molecule has 0 fully saturated rings. The molecule has 5 heteroatoms. The highest BCUT2D eigenvalue weighted by molar-refractivity contribution is 9.11. The molecule has 0 aliphatic carbocycles. The fourth-order valence-corrected chi connectivity index (χ4v) is 2.66. The first kappa shape index (κ1) is 12.6. The van der Waals surface area contributed by atoms with Gasteiger partial charge in [0.15, 0.2) is 0 Å². The third-order valence-corrected chi connectivity index (χ3v) is 3.02. The molecule has 1 heterocycles. The summed E-state index contributed by atoms with van der Waals surface area (Å²) in [5, 5.41) is 4.33. The van der Waals surface area contributed by atoms with Gasteiger partial charge in [-0.2, -0.15) is 5.10 Å². The molecule has 90 valence electrons. The average molecular weight is 360 g/mol. The van der Waals surface area contributed by atoms with E-state index < -0.39 is 0 Å². The van der Waals surface area contributed by atoms with Gasteiger partial charge >= 0.3 is 0 Å². The lowest BCUT2D eigenvalue weighted by atomic mass is 10.3. The molecule has 0 unspecified atom stereocenters. The van der Waals surface area contributed by atoms with Crippen molar-refractivity contribution in [2.24, 2.45) is 0 Å². The predicted molar refractivity (Wildman–Crippen MR) is 74.7 cm³/mol. The number of hydrogen-bond donors (Lipinski definition) is 0. The lowest BCUT2D eigenvalue weighted by Gasteiger charge is -2.11. The van der Waals surface area contributed by atoms with Crippen molar-refractivity contribution < 1.29 is 4.74 Å². The zero-order valence-corrected chi connectivity index (χ0v) is 12.7. The monoisotopic (exact) mass is 358 g/mol. The minimum atomic E-state index is 0.165. The molecule has 0 saturated heterocycles. The van der Waals surface area contributed by atoms with Crippen LogP contribution in [0, 0.1) is 0 Å². The Morgan fingerprint density at radius 2 is 2.00 bits per heavy atom. The van der Waals surface area contributed by atoms with Crippen LogP contribution in [0.2, 0.25) is 0 Å². The van der Waals surface area contributed by atoms with Gasteiger partial charge in [-0.3, -0.25) is 0 Å². The summed E-state index contributed by atoms with van der Waals surface area (Å²) in [6.45, 7) is 4.01. The maximum atomic E-state index is 5.65. The molecule has 2 aromatic rings.